The number of carbonyl (C=O) groups excluding carboxylic acids is 2. The van der Waals surface area contributed by atoms with E-state index in [0.717, 1.165) is 10.9 Å². The summed E-state index contributed by atoms with van der Waals surface area (Å²) in [6, 6.07) is 3.43. The molecule has 12 heteroatoms. The second-order valence-corrected chi connectivity index (χ2v) is 7.75. The number of pyridine rings is 2. The number of aryl methyl sites for hydroxylation is 1. The molecule has 0 bridgehead atoms. The number of hydrogen-bond donors (Lipinski definition) is 2. The van der Waals surface area contributed by atoms with Gasteiger partial charge in [-0.15, -0.1) is 0 Å². The first-order valence-corrected chi connectivity index (χ1v) is 10.6. The van der Waals surface area contributed by atoms with Gasteiger partial charge in [-0.1, -0.05) is 0 Å². The van der Waals surface area contributed by atoms with Crippen LogP contribution in [0.2, 0.25) is 0 Å². The van der Waals surface area contributed by atoms with E-state index in [1.54, 1.807) is 36.1 Å². The van der Waals surface area contributed by atoms with Crippen LogP contribution in [0.1, 0.15) is 30.2 Å². The number of hydrogen-bond acceptors (Lipinski definition) is 6. The van der Waals surface area contributed by atoms with E-state index in [4.69, 9.17) is 4.74 Å². The van der Waals surface area contributed by atoms with E-state index in [0.29, 0.717) is 42.8 Å². The van der Waals surface area contributed by atoms with Crippen molar-refractivity contribution in [2.75, 3.05) is 19.7 Å². The molecule has 0 radical (unpaired) electrons. The van der Waals surface area contributed by atoms with Gasteiger partial charge in [-0.2, -0.15) is 18.3 Å². The molecule has 0 saturated heterocycles. The van der Waals surface area contributed by atoms with Gasteiger partial charge >= 0.3 is 6.18 Å². The zero-order chi connectivity index (χ0) is 24.7. The highest BCUT2D eigenvalue weighted by atomic mass is 19.4. The number of rotatable bonds is 10. The number of carbonyl (C=O) groups is 2. The number of fused-ring (bicyclic) bond motifs is 1. The normalized spacial score (nSPS) is 11.4. The summed E-state index contributed by atoms with van der Waals surface area (Å²) in [5.41, 5.74) is 2.46. The lowest BCUT2D eigenvalue weighted by molar-refractivity contribution is -0.154. The van der Waals surface area contributed by atoms with Crippen LogP contribution in [0, 0.1) is 6.92 Å². The minimum atomic E-state index is -4.43. The van der Waals surface area contributed by atoms with E-state index in [-0.39, 0.29) is 24.1 Å². The van der Waals surface area contributed by atoms with Gasteiger partial charge in [0.25, 0.3) is 0 Å². The predicted molar refractivity (Wildman–Crippen MR) is 117 cm³/mol. The van der Waals surface area contributed by atoms with Crippen LogP contribution in [-0.4, -0.2) is 57.4 Å². The summed E-state index contributed by atoms with van der Waals surface area (Å²) in [5.74, 6) is -0.373. The van der Waals surface area contributed by atoms with E-state index in [9.17, 15) is 22.8 Å². The molecular formula is C22H25F3N6O3. The minimum absolute atomic E-state index is 0.0683. The average Bonchev–Trinajstić information content (AvgIpc) is 3.15. The highest BCUT2D eigenvalue weighted by Gasteiger charge is 2.29. The predicted octanol–water partition coefficient (Wildman–Crippen LogP) is 2.31. The molecule has 0 aliphatic rings. The lowest BCUT2D eigenvalue weighted by atomic mass is 10.2. The molecule has 0 aliphatic heterocycles. The molecule has 3 heterocycles. The van der Waals surface area contributed by atoms with Crippen LogP contribution < -0.4 is 15.4 Å². The molecule has 0 atom stereocenters. The van der Waals surface area contributed by atoms with Crippen molar-refractivity contribution in [1.82, 2.24) is 30.4 Å². The summed E-state index contributed by atoms with van der Waals surface area (Å²) in [6.45, 7) is 2.91. The van der Waals surface area contributed by atoms with Crippen LogP contribution in [0.3, 0.4) is 0 Å². The number of alkyl halides is 3. The Morgan fingerprint density at radius 3 is 2.65 bits per heavy atom. The van der Waals surface area contributed by atoms with E-state index >= 15 is 0 Å². The molecule has 2 N–H and O–H groups in total. The summed E-state index contributed by atoms with van der Waals surface area (Å²) in [7, 11) is 0. The smallest absolute Gasteiger partial charge is 0.422 e. The number of halogens is 3. The standard InChI is InChI=1S/C22H25F3N6O3/c1-14-8-16(10-29-21(14)34-13-22(23,24)25)11-31-12-17-18(30-31)4-7-27-19(17)9-20(33)28-6-3-5-26-15(2)32/h4,7-8,10,12H,3,5-6,9,11,13H2,1-2H3,(H,26,32)(H,28,33). The van der Waals surface area contributed by atoms with Crippen LogP contribution >= 0.6 is 0 Å². The molecule has 34 heavy (non-hydrogen) atoms. The largest absolute Gasteiger partial charge is 0.468 e. The zero-order valence-electron chi connectivity index (χ0n) is 18.8. The zero-order valence-corrected chi connectivity index (χ0v) is 18.8. The third kappa shape index (κ3) is 7.42. The van der Waals surface area contributed by atoms with Gasteiger partial charge in [0.2, 0.25) is 17.7 Å². The van der Waals surface area contributed by atoms with Crippen molar-refractivity contribution in [2.45, 2.75) is 39.4 Å². The van der Waals surface area contributed by atoms with Crippen molar-refractivity contribution in [3.63, 3.8) is 0 Å². The Morgan fingerprint density at radius 2 is 1.94 bits per heavy atom. The van der Waals surface area contributed by atoms with Gasteiger partial charge < -0.3 is 15.4 Å². The fraction of sp³-hybridized carbons (Fsp3) is 0.409. The summed E-state index contributed by atoms with van der Waals surface area (Å²) in [5, 5.41) is 10.7. The number of amides is 2. The molecule has 3 aromatic rings. The van der Waals surface area contributed by atoms with Crippen LogP contribution in [0.25, 0.3) is 10.9 Å². The molecule has 9 nitrogen and oxygen atoms in total. The topological polar surface area (TPSA) is 111 Å². The molecule has 2 amide bonds. The summed E-state index contributed by atoms with van der Waals surface area (Å²) >= 11 is 0. The number of aromatic nitrogens is 4. The molecule has 0 fully saturated rings. The SMILES string of the molecule is CC(=O)NCCCNC(=O)Cc1nccc2nn(Cc3cnc(OCC(F)(F)F)c(C)c3)cc12. The average molecular weight is 478 g/mol. The monoisotopic (exact) mass is 478 g/mol. The Morgan fingerprint density at radius 1 is 1.18 bits per heavy atom. The maximum absolute atomic E-state index is 12.4. The fourth-order valence-corrected chi connectivity index (χ4v) is 3.26. The maximum atomic E-state index is 12.4. The lowest BCUT2D eigenvalue weighted by Crippen LogP contribution is -2.29. The van der Waals surface area contributed by atoms with Crippen molar-refractivity contribution in [3.05, 3.63) is 47.5 Å². The number of nitrogens with zero attached hydrogens (tertiary/aromatic N) is 4. The summed E-state index contributed by atoms with van der Waals surface area (Å²) in [6.07, 6.45) is 1.06. The van der Waals surface area contributed by atoms with E-state index in [2.05, 4.69) is 25.7 Å². The third-order valence-electron chi connectivity index (χ3n) is 4.75. The molecule has 3 rings (SSSR count). The first-order chi connectivity index (χ1) is 16.1. The van der Waals surface area contributed by atoms with E-state index in [1.165, 1.54) is 13.1 Å². The number of ether oxygens (including phenoxy) is 1. The number of nitrogens with one attached hydrogen (secondary N) is 2. The van der Waals surface area contributed by atoms with E-state index < -0.39 is 12.8 Å². The second kappa shape index (κ2) is 10.9. The Kier molecular flexibility index (Phi) is 8.03. The highest BCUT2D eigenvalue weighted by Crippen LogP contribution is 2.21. The molecule has 0 spiro atoms. The molecule has 0 saturated carbocycles. The van der Waals surface area contributed by atoms with Crippen molar-refractivity contribution >= 4 is 22.7 Å². The molecular weight excluding hydrogens is 453 g/mol. The minimum Gasteiger partial charge on any atom is -0.468 e. The molecule has 0 unspecified atom stereocenters. The molecule has 0 aromatic carbocycles. The summed E-state index contributed by atoms with van der Waals surface area (Å²) < 4.78 is 43.5. The Hall–Kier alpha value is -3.70. The Bertz CT molecular complexity index is 1160. The van der Waals surface area contributed by atoms with Gasteiger partial charge in [-0.05, 0) is 31.0 Å². The quantitative estimate of drug-likeness (QED) is 0.433. The molecule has 182 valence electrons. The van der Waals surface area contributed by atoms with Crippen LogP contribution in [0.15, 0.2) is 30.7 Å². The van der Waals surface area contributed by atoms with Crippen LogP contribution in [0.5, 0.6) is 5.88 Å². The molecule has 3 aromatic heterocycles. The fourth-order valence-electron chi connectivity index (χ4n) is 3.26. The van der Waals surface area contributed by atoms with E-state index in [1.807, 2.05) is 0 Å². The third-order valence-corrected chi connectivity index (χ3v) is 4.75. The van der Waals surface area contributed by atoms with Crippen LogP contribution in [-0.2, 0) is 22.6 Å². The second-order valence-electron chi connectivity index (χ2n) is 7.75. The Balaban J connectivity index is 1.62. The van der Waals surface area contributed by atoms with Crippen molar-refractivity contribution in [1.29, 1.82) is 0 Å². The van der Waals surface area contributed by atoms with Gasteiger partial charge in [0.1, 0.15) is 0 Å². The molecule has 0 aliphatic carbocycles. The van der Waals surface area contributed by atoms with Gasteiger partial charge in [0, 0.05) is 49.6 Å². The first-order valence-electron chi connectivity index (χ1n) is 10.6. The van der Waals surface area contributed by atoms with Gasteiger partial charge in [-0.3, -0.25) is 19.3 Å². The maximum Gasteiger partial charge on any atom is 0.422 e. The van der Waals surface area contributed by atoms with Crippen molar-refractivity contribution < 1.29 is 27.5 Å². The van der Waals surface area contributed by atoms with Crippen LogP contribution in [0.4, 0.5) is 13.2 Å². The highest BCUT2D eigenvalue weighted by molar-refractivity contribution is 5.86. The van der Waals surface area contributed by atoms with Gasteiger partial charge in [0.15, 0.2) is 6.61 Å². The van der Waals surface area contributed by atoms with Crippen molar-refractivity contribution in [3.8, 4) is 5.88 Å². The summed E-state index contributed by atoms with van der Waals surface area (Å²) in [4.78, 5) is 31.4. The lowest BCUT2D eigenvalue weighted by Gasteiger charge is -2.11. The Labute approximate surface area is 193 Å². The van der Waals surface area contributed by atoms with Crippen molar-refractivity contribution in [2.24, 2.45) is 0 Å². The van der Waals surface area contributed by atoms with Gasteiger partial charge in [-0.25, -0.2) is 4.98 Å². The first kappa shape index (κ1) is 24.9. The van der Waals surface area contributed by atoms with Gasteiger partial charge in [0.05, 0.1) is 24.2 Å².